The molecule has 3 aromatic rings. The van der Waals surface area contributed by atoms with Gasteiger partial charge in [-0.3, -0.25) is 4.79 Å². The Hall–Kier alpha value is -3.34. The summed E-state index contributed by atoms with van der Waals surface area (Å²) < 4.78 is 35.7. The number of ether oxygens (including phenoxy) is 1. The molecule has 1 saturated carbocycles. The lowest BCUT2D eigenvalue weighted by molar-refractivity contribution is 0.0996. The number of piperidine rings is 1. The van der Waals surface area contributed by atoms with Crippen molar-refractivity contribution in [2.24, 2.45) is 5.73 Å². The molecular weight excluding hydrogens is 420 g/mol. The predicted octanol–water partition coefficient (Wildman–Crippen LogP) is 2.03. The van der Waals surface area contributed by atoms with Crippen molar-refractivity contribution in [2.45, 2.75) is 37.4 Å². The Bertz CT molecular complexity index is 1190. The first-order valence-corrected chi connectivity index (χ1v) is 10.5. The fraction of sp³-hybridized carbons (Fsp3) is 0.429. The minimum atomic E-state index is -1.13. The van der Waals surface area contributed by atoms with Crippen LogP contribution in [-0.4, -0.2) is 57.9 Å². The molecule has 1 amide bonds. The lowest BCUT2D eigenvalue weighted by atomic mass is 10.1. The Morgan fingerprint density at radius 2 is 2.12 bits per heavy atom. The third-order valence-corrected chi connectivity index (χ3v) is 5.83. The van der Waals surface area contributed by atoms with Crippen LogP contribution in [0.2, 0.25) is 0 Å². The maximum absolute atomic E-state index is 14.5. The lowest BCUT2D eigenvalue weighted by Crippen LogP contribution is -2.46. The first-order valence-electron chi connectivity index (χ1n) is 10.5. The van der Waals surface area contributed by atoms with Crippen LogP contribution < -0.4 is 21.1 Å². The van der Waals surface area contributed by atoms with Crippen molar-refractivity contribution in [1.82, 2.24) is 24.9 Å². The number of nitrogens with zero attached hydrogens (tertiary/aromatic N) is 4. The van der Waals surface area contributed by atoms with Gasteiger partial charge in [0.1, 0.15) is 23.3 Å². The second-order valence-electron chi connectivity index (χ2n) is 8.10. The SMILES string of the molecule is COc1cc2nc(C(N)=O)c(-c3ccc(F)c(N[C@H]4CNCC[C@@H]4F)n3)n2nc1C1CC1. The molecular formula is C21H23F2N7O2. The number of primary amides is 1. The van der Waals surface area contributed by atoms with E-state index >= 15 is 0 Å². The van der Waals surface area contributed by atoms with Crippen molar-refractivity contribution >= 4 is 17.4 Å². The van der Waals surface area contributed by atoms with E-state index in [2.05, 4.69) is 25.7 Å². The molecule has 0 spiro atoms. The van der Waals surface area contributed by atoms with Crippen molar-refractivity contribution in [2.75, 3.05) is 25.5 Å². The summed E-state index contributed by atoms with van der Waals surface area (Å²) in [6.07, 6.45) is 1.18. The molecule has 3 aromatic heterocycles. The van der Waals surface area contributed by atoms with E-state index in [1.165, 1.54) is 16.6 Å². The quantitative estimate of drug-likeness (QED) is 0.533. The summed E-state index contributed by atoms with van der Waals surface area (Å²) in [6.45, 7) is 0.915. The number of pyridine rings is 1. The van der Waals surface area contributed by atoms with Gasteiger partial charge in [-0.1, -0.05) is 0 Å². The third kappa shape index (κ3) is 3.62. The highest BCUT2D eigenvalue weighted by atomic mass is 19.1. The fourth-order valence-electron chi connectivity index (χ4n) is 4.00. The van der Waals surface area contributed by atoms with E-state index in [-0.39, 0.29) is 28.8 Å². The summed E-state index contributed by atoms with van der Waals surface area (Å²) in [5.74, 6) is -0.658. The normalized spacial score (nSPS) is 21.0. The number of alkyl halides is 1. The number of halogens is 2. The summed E-state index contributed by atoms with van der Waals surface area (Å²) in [7, 11) is 1.55. The van der Waals surface area contributed by atoms with Crippen LogP contribution in [0.4, 0.5) is 14.6 Å². The summed E-state index contributed by atoms with van der Waals surface area (Å²) >= 11 is 0. The predicted molar refractivity (Wildman–Crippen MR) is 113 cm³/mol. The van der Waals surface area contributed by atoms with E-state index < -0.39 is 23.9 Å². The van der Waals surface area contributed by atoms with E-state index in [0.717, 1.165) is 18.5 Å². The number of hydrogen-bond donors (Lipinski definition) is 3. The Kier molecular flexibility index (Phi) is 5.12. The number of nitrogens with two attached hydrogens (primary N) is 1. The number of rotatable bonds is 6. The Morgan fingerprint density at radius 3 is 2.81 bits per heavy atom. The Balaban J connectivity index is 1.62. The Labute approximate surface area is 182 Å². The van der Waals surface area contributed by atoms with Gasteiger partial charge in [0.2, 0.25) is 0 Å². The van der Waals surface area contributed by atoms with Gasteiger partial charge in [0.05, 0.1) is 18.8 Å². The Morgan fingerprint density at radius 1 is 1.31 bits per heavy atom. The zero-order valence-corrected chi connectivity index (χ0v) is 17.4. The smallest absolute Gasteiger partial charge is 0.269 e. The average molecular weight is 443 g/mol. The number of amides is 1. The summed E-state index contributed by atoms with van der Waals surface area (Å²) in [5.41, 5.74) is 7.15. The van der Waals surface area contributed by atoms with Gasteiger partial charge in [0, 0.05) is 18.5 Å². The minimum Gasteiger partial charge on any atom is -0.495 e. The van der Waals surface area contributed by atoms with Crippen molar-refractivity contribution in [3.05, 3.63) is 35.4 Å². The summed E-state index contributed by atoms with van der Waals surface area (Å²) in [4.78, 5) is 20.8. The van der Waals surface area contributed by atoms with Gasteiger partial charge in [0.15, 0.2) is 23.0 Å². The summed E-state index contributed by atoms with van der Waals surface area (Å²) in [6, 6.07) is 3.71. The molecule has 1 aliphatic carbocycles. The van der Waals surface area contributed by atoms with Gasteiger partial charge in [-0.2, -0.15) is 5.10 Å². The topological polar surface area (TPSA) is 119 Å². The first kappa shape index (κ1) is 20.6. The van der Waals surface area contributed by atoms with Gasteiger partial charge < -0.3 is 21.1 Å². The molecule has 5 rings (SSSR count). The van der Waals surface area contributed by atoms with Crippen LogP contribution in [0.1, 0.15) is 41.4 Å². The molecule has 0 aromatic carbocycles. The number of aromatic nitrogens is 4. The molecule has 1 aliphatic heterocycles. The molecule has 0 bridgehead atoms. The van der Waals surface area contributed by atoms with E-state index in [4.69, 9.17) is 10.5 Å². The molecule has 0 unspecified atom stereocenters. The zero-order chi connectivity index (χ0) is 22.4. The van der Waals surface area contributed by atoms with E-state index in [9.17, 15) is 13.6 Å². The molecule has 11 heteroatoms. The number of imidazole rings is 1. The van der Waals surface area contributed by atoms with Crippen LogP contribution in [0.25, 0.3) is 17.0 Å². The van der Waals surface area contributed by atoms with Crippen LogP contribution in [-0.2, 0) is 0 Å². The van der Waals surface area contributed by atoms with E-state index in [0.29, 0.717) is 30.9 Å². The zero-order valence-electron chi connectivity index (χ0n) is 17.4. The van der Waals surface area contributed by atoms with Gasteiger partial charge in [-0.25, -0.2) is 23.3 Å². The molecule has 4 N–H and O–H groups in total. The number of carbonyl (C=O) groups excluding carboxylic acids is 1. The van der Waals surface area contributed by atoms with Gasteiger partial charge in [-0.05, 0) is 37.9 Å². The van der Waals surface area contributed by atoms with Gasteiger partial charge in [-0.15, -0.1) is 0 Å². The third-order valence-electron chi connectivity index (χ3n) is 5.83. The highest BCUT2D eigenvalue weighted by molar-refractivity contribution is 5.98. The monoisotopic (exact) mass is 443 g/mol. The van der Waals surface area contributed by atoms with Crippen molar-refractivity contribution in [3.63, 3.8) is 0 Å². The molecule has 0 radical (unpaired) electrons. The number of anilines is 1. The highest BCUT2D eigenvalue weighted by Crippen LogP contribution is 2.43. The van der Waals surface area contributed by atoms with Crippen LogP contribution in [0.3, 0.4) is 0 Å². The summed E-state index contributed by atoms with van der Waals surface area (Å²) in [5, 5.41) is 10.6. The molecule has 2 fully saturated rings. The molecule has 2 aliphatic rings. The van der Waals surface area contributed by atoms with Crippen LogP contribution in [0.5, 0.6) is 5.75 Å². The molecule has 2 atom stereocenters. The van der Waals surface area contributed by atoms with Crippen LogP contribution in [0, 0.1) is 5.82 Å². The van der Waals surface area contributed by atoms with Gasteiger partial charge >= 0.3 is 0 Å². The van der Waals surface area contributed by atoms with E-state index in [1.807, 2.05) is 0 Å². The minimum absolute atomic E-state index is 0.0414. The lowest BCUT2D eigenvalue weighted by Gasteiger charge is -2.28. The maximum Gasteiger partial charge on any atom is 0.269 e. The molecule has 1 saturated heterocycles. The molecule has 32 heavy (non-hydrogen) atoms. The van der Waals surface area contributed by atoms with Crippen LogP contribution >= 0.6 is 0 Å². The van der Waals surface area contributed by atoms with Crippen molar-refractivity contribution in [1.29, 1.82) is 0 Å². The number of nitrogens with one attached hydrogen (secondary N) is 2. The second kappa shape index (κ2) is 7.97. The molecule has 4 heterocycles. The molecule has 9 nitrogen and oxygen atoms in total. The maximum atomic E-state index is 14.5. The number of carbonyl (C=O) groups is 1. The van der Waals surface area contributed by atoms with Crippen molar-refractivity contribution < 1.29 is 18.3 Å². The largest absolute Gasteiger partial charge is 0.495 e. The second-order valence-corrected chi connectivity index (χ2v) is 8.10. The van der Waals surface area contributed by atoms with Crippen LogP contribution in [0.15, 0.2) is 18.2 Å². The first-order chi connectivity index (χ1) is 15.5. The number of fused-ring (bicyclic) bond motifs is 1. The van der Waals surface area contributed by atoms with Crippen molar-refractivity contribution in [3.8, 4) is 17.1 Å². The van der Waals surface area contributed by atoms with E-state index in [1.54, 1.807) is 13.2 Å². The average Bonchev–Trinajstić information content (AvgIpc) is 3.56. The standard InChI is InChI=1S/C21H23F2N7O2/c1-32-15-8-16-28-18(20(24)31)19(30(16)29-17(15)10-2-3-10)13-5-4-12(23)21(26-13)27-14-9-25-7-6-11(14)22/h4-5,8,10-11,14,25H,2-3,6-7,9H2,1H3,(H2,24,31)(H,26,27)/t11-,14-/m0/s1. The fourth-order valence-corrected chi connectivity index (χ4v) is 4.00. The van der Waals surface area contributed by atoms with Gasteiger partial charge in [0.25, 0.3) is 5.91 Å². The number of hydrogen-bond acceptors (Lipinski definition) is 7. The number of methoxy groups -OCH3 is 1. The molecule has 168 valence electrons. The highest BCUT2D eigenvalue weighted by Gasteiger charge is 2.31.